The van der Waals surface area contributed by atoms with E-state index >= 15 is 0 Å². The molecule has 0 aliphatic carbocycles. The number of rotatable bonds is 8. The molecule has 0 saturated carbocycles. The standard InChI is InChI=1S/C22H26F2N2O5/c1-28-15-7-9-18(29-2)16(12-15)17-5-4-10-26(17)22(27)25-13-14-6-8-19(31-21(23)24)20(11-14)30-3/h6-9,11-12,17,21H,4-5,10,13H2,1-3H3,(H,25,27). The molecule has 1 atom stereocenters. The van der Waals surface area contributed by atoms with Gasteiger partial charge in [0.25, 0.3) is 0 Å². The molecule has 1 aliphatic heterocycles. The molecule has 0 aromatic heterocycles. The number of halogens is 2. The molecule has 1 saturated heterocycles. The second-order valence-corrected chi connectivity index (χ2v) is 6.98. The van der Waals surface area contributed by atoms with E-state index in [9.17, 15) is 13.6 Å². The zero-order valence-corrected chi connectivity index (χ0v) is 17.7. The lowest BCUT2D eigenvalue weighted by molar-refractivity contribution is -0.0512. The van der Waals surface area contributed by atoms with Crippen molar-refractivity contribution in [2.45, 2.75) is 32.0 Å². The summed E-state index contributed by atoms with van der Waals surface area (Å²) in [5.74, 6) is 1.51. The van der Waals surface area contributed by atoms with Crippen LogP contribution < -0.4 is 24.3 Å². The smallest absolute Gasteiger partial charge is 0.387 e. The minimum Gasteiger partial charge on any atom is -0.497 e. The fraction of sp³-hybridized carbons (Fsp3) is 0.409. The first-order valence-corrected chi connectivity index (χ1v) is 9.85. The quantitative estimate of drug-likeness (QED) is 0.666. The molecule has 1 aliphatic rings. The van der Waals surface area contributed by atoms with Crippen LogP contribution in [0.2, 0.25) is 0 Å². The Morgan fingerprint density at radius 2 is 1.81 bits per heavy atom. The molecule has 7 nitrogen and oxygen atoms in total. The van der Waals surface area contributed by atoms with Crippen molar-refractivity contribution in [2.24, 2.45) is 0 Å². The van der Waals surface area contributed by atoms with E-state index in [1.165, 1.54) is 13.2 Å². The maximum Gasteiger partial charge on any atom is 0.387 e. The Morgan fingerprint density at radius 3 is 2.48 bits per heavy atom. The number of nitrogens with zero attached hydrogens (tertiary/aromatic N) is 1. The lowest BCUT2D eigenvalue weighted by Crippen LogP contribution is -2.39. The third kappa shape index (κ3) is 5.28. The van der Waals surface area contributed by atoms with Gasteiger partial charge < -0.3 is 29.2 Å². The van der Waals surface area contributed by atoms with E-state index in [0.29, 0.717) is 23.6 Å². The summed E-state index contributed by atoms with van der Waals surface area (Å²) in [5.41, 5.74) is 1.59. The van der Waals surface area contributed by atoms with Crippen LogP contribution in [-0.4, -0.2) is 45.4 Å². The summed E-state index contributed by atoms with van der Waals surface area (Å²) >= 11 is 0. The van der Waals surface area contributed by atoms with E-state index < -0.39 is 6.61 Å². The second kappa shape index (κ2) is 10.2. The lowest BCUT2D eigenvalue weighted by atomic mass is 10.0. The highest BCUT2D eigenvalue weighted by Gasteiger charge is 2.32. The zero-order valence-electron chi connectivity index (χ0n) is 17.7. The van der Waals surface area contributed by atoms with Gasteiger partial charge in [-0.05, 0) is 48.7 Å². The molecule has 0 bridgehead atoms. The number of nitrogens with one attached hydrogen (secondary N) is 1. The number of hydrogen-bond acceptors (Lipinski definition) is 5. The molecule has 0 radical (unpaired) electrons. The Hall–Kier alpha value is -3.23. The summed E-state index contributed by atoms with van der Waals surface area (Å²) in [6, 6.07) is 9.74. The van der Waals surface area contributed by atoms with E-state index in [0.717, 1.165) is 18.4 Å². The minimum absolute atomic E-state index is 0.0581. The number of benzene rings is 2. The van der Waals surface area contributed by atoms with Crippen LogP contribution in [0, 0.1) is 0 Å². The van der Waals surface area contributed by atoms with Crippen molar-refractivity contribution in [1.82, 2.24) is 10.2 Å². The first kappa shape index (κ1) is 22.5. The van der Waals surface area contributed by atoms with Crippen molar-refractivity contribution in [3.05, 3.63) is 47.5 Å². The molecule has 1 N–H and O–H groups in total. The van der Waals surface area contributed by atoms with Crippen molar-refractivity contribution in [2.75, 3.05) is 27.9 Å². The minimum atomic E-state index is -2.94. The van der Waals surface area contributed by atoms with Gasteiger partial charge in [-0.1, -0.05) is 6.07 Å². The number of likely N-dealkylation sites (tertiary alicyclic amines) is 1. The molecule has 168 valence electrons. The molecular weight excluding hydrogens is 410 g/mol. The molecular formula is C22H26F2N2O5. The topological polar surface area (TPSA) is 69.3 Å². The SMILES string of the molecule is COc1ccc(OC)c(C2CCCN2C(=O)NCc2ccc(OC(F)F)c(OC)c2)c1. The van der Waals surface area contributed by atoms with E-state index in [1.807, 2.05) is 18.2 Å². The van der Waals surface area contributed by atoms with Gasteiger partial charge in [-0.25, -0.2) is 4.79 Å². The summed E-state index contributed by atoms with van der Waals surface area (Å²) in [4.78, 5) is 14.7. The van der Waals surface area contributed by atoms with Crippen LogP contribution in [-0.2, 0) is 6.54 Å². The van der Waals surface area contributed by atoms with Crippen LogP contribution in [0.5, 0.6) is 23.0 Å². The third-order valence-corrected chi connectivity index (χ3v) is 5.20. The van der Waals surface area contributed by atoms with Gasteiger partial charge in [0.1, 0.15) is 11.5 Å². The van der Waals surface area contributed by atoms with Gasteiger partial charge in [0.05, 0.1) is 27.4 Å². The van der Waals surface area contributed by atoms with E-state index in [2.05, 4.69) is 10.1 Å². The van der Waals surface area contributed by atoms with Gasteiger partial charge in [0.15, 0.2) is 11.5 Å². The molecule has 1 fully saturated rings. The van der Waals surface area contributed by atoms with Gasteiger partial charge in [-0.15, -0.1) is 0 Å². The van der Waals surface area contributed by atoms with Crippen molar-refractivity contribution in [3.8, 4) is 23.0 Å². The van der Waals surface area contributed by atoms with Crippen molar-refractivity contribution in [3.63, 3.8) is 0 Å². The fourth-order valence-electron chi connectivity index (χ4n) is 3.73. The number of ether oxygens (including phenoxy) is 4. The third-order valence-electron chi connectivity index (χ3n) is 5.20. The molecule has 1 heterocycles. The predicted octanol–water partition coefficient (Wildman–Crippen LogP) is 4.36. The van der Waals surface area contributed by atoms with E-state index in [1.54, 1.807) is 31.3 Å². The average molecular weight is 436 g/mol. The second-order valence-electron chi connectivity index (χ2n) is 6.98. The Labute approximate surface area is 179 Å². The summed E-state index contributed by atoms with van der Waals surface area (Å²) < 4.78 is 45.3. The normalized spacial score (nSPS) is 15.7. The van der Waals surface area contributed by atoms with E-state index in [4.69, 9.17) is 14.2 Å². The molecule has 2 amide bonds. The van der Waals surface area contributed by atoms with Gasteiger partial charge in [-0.2, -0.15) is 8.78 Å². The summed E-state index contributed by atoms with van der Waals surface area (Å²) in [6.45, 7) is -2.12. The molecule has 1 unspecified atom stereocenters. The van der Waals surface area contributed by atoms with Crippen molar-refractivity contribution < 1.29 is 32.5 Å². The number of carbonyl (C=O) groups excluding carboxylic acids is 1. The van der Waals surface area contributed by atoms with Gasteiger partial charge in [0.2, 0.25) is 0 Å². The number of urea groups is 1. The first-order valence-electron chi connectivity index (χ1n) is 9.85. The molecule has 31 heavy (non-hydrogen) atoms. The van der Waals surface area contributed by atoms with Gasteiger partial charge >= 0.3 is 12.6 Å². The van der Waals surface area contributed by atoms with Crippen LogP contribution >= 0.6 is 0 Å². The Bertz CT molecular complexity index is 909. The van der Waals surface area contributed by atoms with Crippen LogP contribution in [0.15, 0.2) is 36.4 Å². The zero-order chi connectivity index (χ0) is 22.4. The maximum absolute atomic E-state index is 12.9. The predicted molar refractivity (Wildman–Crippen MR) is 110 cm³/mol. The lowest BCUT2D eigenvalue weighted by Gasteiger charge is -2.27. The van der Waals surface area contributed by atoms with Gasteiger partial charge in [0, 0.05) is 18.7 Å². The van der Waals surface area contributed by atoms with Crippen molar-refractivity contribution >= 4 is 6.03 Å². The highest BCUT2D eigenvalue weighted by molar-refractivity contribution is 5.75. The number of amides is 2. The molecule has 2 aromatic carbocycles. The van der Waals surface area contributed by atoms with Crippen LogP contribution in [0.3, 0.4) is 0 Å². The summed E-state index contributed by atoms with van der Waals surface area (Å²) in [7, 11) is 4.56. The van der Waals surface area contributed by atoms with Crippen molar-refractivity contribution in [1.29, 1.82) is 0 Å². The van der Waals surface area contributed by atoms with Crippen LogP contribution in [0.1, 0.15) is 30.0 Å². The van der Waals surface area contributed by atoms with Crippen LogP contribution in [0.25, 0.3) is 0 Å². The Kier molecular flexibility index (Phi) is 7.38. The number of alkyl halides is 2. The average Bonchev–Trinajstić information content (AvgIpc) is 3.27. The number of methoxy groups -OCH3 is 3. The summed E-state index contributed by atoms with van der Waals surface area (Å²) in [6.07, 6.45) is 1.68. The van der Waals surface area contributed by atoms with Gasteiger partial charge in [-0.3, -0.25) is 0 Å². The number of hydrogen-bond donors (Lipinski definition) is 1. The molecule has 0 spiro atoms. The fourth-order valence-corrected chi connectivity index (χ4v) is 3.73. The first-order chi connectivity index (χ1) is 15.0. The molecule has 2 aromatic rings. The highest BCUT2D eigenvalue weighted by Crippen LogP contribution is 2.39. The number of carbonyl (C=O) groups is 1. The maximum atomic E-state index is 12.9. The largest absolute Gasteiger partial charge is 0.497 e. The Balaban J connectivity index is 1.71. The molecule has 3 rings (SSSR count). The van der Waals surface area contributed by atoms with Crippen LogP contribution in [0.4, 0.5) is 13.6 Å². The molecule has 9 heteroatoms. The summed E-state index contributed by atoms with van der Waals surface area (Å²) in [5, 5.41) is 2.89. The Morgan fingerprint density at radius 1 is 1.06 bits per heavy atom. The highest BCUT2D eigenvalue weighted by atomic mass is 19.3. The monoisotopic (exact) mass is 436 g/mol. The van der Waals surface area contributed by atoms with E-state index in [-0.39, 0.29) is 30.1 Å².